The van der Waals surface area contributed by atoms with Crippen LogP contribution in [0.2, 0.25) is 0 Å². The van der Waals surface area contributed by atoms with Crippen LogP contribution in [0.5, 0.6) is 5.75 Å². The molecule has 0 spiro atoms. The van der Waals surface area contributed by atoms with E-state index in [1.165, 1.54) is 35.0 Å². The lowest BCUT2D eigenvalue weighted by atomic mass is 10.0. The highest BCUT2D eigenvalue weighted by atomic mass is 19.1. The van der Waals surface area contributed by atoms with E-state index < -0.39 is 23.0 Å². The molecule has 0 saturated carbocycles. The summed E-state index contributed by atoms with van der Waals surface area (Å²) in [5.41, 5.74) is -0.546. The molecule has 1 fully saturated rings. The average Bonchev–Trinajstić information content (AvgIpc) is 2.75. The smallest absolute Gasteiger partial charge is 0.276 e. The highest BCUT2D eigenvalue weighted by Crippen LogP contribution is 2.31. The lowest BCUT2D eigenvalue weighted by Crippen LogP contribution is -2.65. The Morgan fingerprint density at radius 2 is 1.94 bits per heavy atom. The van der Waals surface area contributed by atoms with Gasteiger partial charge >= 0.3 is 0 Å². The monoisotopic (exact) mass is 442 g/mol. The minimum absolute atomic E-state index is 0.0237. The van der Waals surface area contributed by atoms with Crippen LogP contribution in [0.25, 0.3) is 0 Å². The van der Waals surface area contributed by atoms with E-state index in [-0.39, 0.29) is 41.9 Å². The fraction of sp³-hybridized carbons (Fsp3) is 0.435. The number of aromatic nitrogens is 1. The summed E-state index contributed by atoms with van der Waals surface area (Å²) in [6, 6.07) is 5.81. The second kappa shape index (κ2) is 8.38. The number of fused-ring (bicyclic) bond motifs is 2. The molecule has 2 aliphatic rings. The second-order valence-corrected chi connectivity index (χ2v) is 8.69. The largest absolute Gasteiger partial charge is 0.503 e. The fourth-order valence-corrected chi connectivity index (χ4v) is 4.57. The van der Waals surface area contributed by atoms with Crippen molar-refractivity contribution in [3.8, 4) is 5.75 Å². The van der Waals surface area contributed by atoms with Gasteiger partial charge in [-0.25, -0.2) is 4.39 Å². The zero-order valence-electron chi connectivity index (χ0n) is 18.3. The van der Waals surface area contributed by atoms with Crippen molar-refractivity contribution >= 4 is 11.8 Å². The molecule has 2 atom stereocenters. The van der Waals surface area contributed by atoms with Crippen LogP contribution in [0.4, 0.5) is 4.39 Å². The molecular formula is C23H27FN4O4. The summed E-state index contributed by atoms with van der Waals surface area (Å²) in [6.07, 6.45) is 1.93. The minimum atomic E-state index is -0.884. The molecular weight excluding hydrogens is 415 g/mol. The summed E-state index contributed by atoms with van der Waals surface area (Å²) in [5, 5.41) is 13.2. The number of amides is 2. The van der Waals surface area contributed by atoms with Crippen LogP contribution in [0.3, 0.4) is 0 Å². The van der Waals surface area contributed by atoms with Gasteiger partial charge < -0.3 is 19.9 Å². The summed E-state index contributed by atoms with van der Waals surface area (Å²) in [4.78, 5) is 42.7. The first-order valence-electron chi connectivity index (χ1n) is 10.8. The van der Waals surface area contributed by atoms with Gasteiger partial charge in [0.1, 0.15) is 17.5 Å². The van der Waals surface area contributed by atoms with E-state index in [0.717, 1.165) is 13.0 Å². The summed E-state index contributed by atoms with van der Waals surface area (Å²) < 4.78 is 14.6. The Hall–Kier alpha value is -3.20. The molecule has 0 aliphatic carbocycles. The van der Waals surface area contributed by atoms with E-state index in [4.69, 9.17) is 0 Å². The molecule has 1 aromatic heterocycles. The molecule has 4 rings (SSSR count). The standard InChI is InChI=1S/C23H27FN4O4/c1-13(2)27-9-8-14(3)28-18(27)12-26-11-17(20(29)21(30)19(26)23(28)32)22(31)25-10-15-4-6-16(24)7-5-15/h4-7,11,13-14,18,30H,8-10,12H2,1-3H3,(H,25,31)/t14-,18-/m0/s1. The molecule has 3 heterocycles. The third-order valence-corrected chi connectivity index (χ3v) is 6.31. The summed E-state index contributed by atoms with van der Waals surface area (Å²) in [7, 11) is 0. The van der Waals surface area contributed by atoms with Gasteiger partial charge in [-0.05, 0) is 44.9 Å². The van der Waals surface area contributed by atoms with Crippen molar-refractivity contribution in [3.63, 3.8) is 0 Å². The number of aromatic hydroxyl groups is 1. The van der Waals surface area contributed by atoms with Gasteiger partial charge in [-0.1, -0.05) is 12.1 Å². The highest BCUT2D eigenvalue weighted by Gasteiger charge is 2.44. The topological polar surface area (TPSA) is 94.9 Å². The van der Waals surface area contributed by atoms with Crippen LogP contribution in [0.15, 0.2) is 35.3 Å². The third kappa shape index (κ3) is 3.77. The Kier molecular flexibility index (Phi) is 5.77. The summed E-state index contributed by atoms with van der Waals surface area (Å²) >= 11 is 0. The molecule has 0 radical (unpaired) electrons. The van der Waals surface area contributed by atoms with Crippen LogP contribution in [-0.4, -0.2) is 56.1 Å². The summed E-state index contributed by atoms with van der Waals surface area (Å²) in [6.45, 7) is 7.35. The number of hydrogen-bond acceptors (Lipinski definition) is 5. The van der Waals surface area contributed by atoms with Crippen molar-refractivity contribution in [2.75, 3.05) is 6.54 Å². The van der Waals surface area contributed by atoms with E-state index in [1.807, 2.05) is 6.92 Å². The van der Waals surface area contributed by atoms with Gasteiger partial charge in [-0.3, -0.25) is 19.3 Å². The number of benzene rings is 1. The van der Waals surface area contributed by atoms with E-state index in [9.17, 15) is 23.9 Å². The zero-order valence-corrected chi connectivity index (χ0v) is 18.3. The molecule has 170 valence electrons. The number of pyridine rings is 1. The van der Waals surface area contributed by atoms with Crippen molar-refractivity contribution in [3.05, 3.63) is 63.3 Å². The van der Waals surface area contributed by atoms with Crippen LogP contribution >= 0.6 is 0 Å². The molecule has 0 unspecified atom stereocenters. The van der Waals surface area contributed by atoms with Crippen LogP contribution in [0.1, 0.15) is 53.6 Å². The van der Waals surface area contributed by atoms with Crippen LogP contribution in [-0.2, 0) is 13.1 Å². The Balaban J connectivity index is 1.66. The number of hydrogen-bond donors (Lipinski definition) is 2. The molecule has 8 nitrogen and oxygen atoms in total. The van der Waals surface area contributed by atoms with Crippen molar-refractivity contribution in [2.45, 2.75) is 58.5 Å². The molecule has 1 aromatic carbocycles. The number of nitrogens with zero attached hydrogens (tertiary/aromatic N) is 3. The molecule has 2 N–H and O–H groups in total. The molecule has 9 heteroatoms. The van der Waals surface area contributed by atoms with Crippen molar-refractivity contribution in [1.82, 2.24) is 19.7 Å². The first-order valence-corrected chi connectivity index (χ1v) is 10.8. The van der Waals surface area contributed by atoms with Crippen LogP contribution in [0, 0.1) is 5.82 Å². The number of nitrogens with one attached hydrogen (secondary N) is 1. The first kappa shape index (κ1) is 22.0. The zero-order chi connectivity index (χ0) is 23.2. The third-order valence-electron chi connectivity index (χ3n) is 6.31. The maximum Gasteiger partial charge on any atom is 0.276 e. The van der Waals surface area contributed by atoms with Gasteiger partial charge in [0.15, 0.2) is 11.4 Å². The quantitative estimate of drug-likeness (QED) is 0.754. The predicted octanol–water partition coefficient (Wildman–Crippen LogP) is 1.91. The number of halogens is 1. The van der Waals surface area contributed by atoms with Crippen molar-refractivity contribution in [1.29, 1.82) is 0 Å². The molecule has 0 bridgehead atoms. The van der Waals surface area contributed by atoms with Gasteiger partial charge in [0.2, 0.25) is 5.43 Å². The average molecular weight is 442 g/mol. The lowest BCUT2D eigenvalue weighted by molar-refractivity contribution is -0.0454. The van der Waals surface area contributed by atoms with Crippen LogP contribution < -0.4 is 10.7 Å². The van der Waals surface area contributed by atoms with Gasteiger partial charge in [0, 0.05) is 31.4 Å². The minimum Gasteiger partial charge on any atom is -0.503 e. The predicted molar refractivity (Wildman–Crippen MR) is 116 cm³/mol. The van der Waals surface area contributed by atoms with Gasteiger partial charge in [-0.2, -0.15) is 0 Å². The lowest BCUT2D eigenvalue weighted by Gasteiger charge is -2.51. The molecule has 2 aromatic rings. The number of carbonyl (C=O) groups is 2. The van der Waals surface area contributed by atoms with E-state index in [0.29, 0.717) is 12.1 Å². The Morgan fingerprint density at radius 1 is 1.25 bits per heavy atom. The fourth-order valence-electron chi connectivity index (χ4n) is 4.57. The molecule has 2 amide bonds. The van der Waals surface area contributed by atoms with Crippen molar-refractivity contribution < 1.29 is 19.1 Å². The van der Waals surface area contributed by atoms with Gasteiger partial charge in [0.05, 0.1) is 6.54 Å². The Labute approximate surface area is 185 Å². The molecule has 1 saturated heterocycles. The maximum absolute atomic E-state index is 13.3. The van der Waals surface area contributed by atoms with E-state index in [2.05, 4.69) is 24.1 Å². The summed E-state index contributed by atoms with van der Waals surface area (Å²) in [5.74, 6) is -2.18. The van der Waals surface area contributed by atoms with Gasteiger partial charge in [0.25, 0.3) is 11.8 Å². The number of carbonyl (C=O) groups excluding carboxylic acids is 2. The molecule has 32 heavy (non-hydrogen) atoms. The van der Waals surface area contributed by atoms with Gasteiger partial charge in [-0.15, -0.1) is 0 Å². The van der Waals surface area contributed by atoms with E-state index in [1.54, 1.807) is 4.90 Å². The first-order chi connectivity index (χ1) is 15.2. The Morgan fingerprint density at radius 3 is 2.59 bits per heavy atom. The maximum atomic E-state index is 13.3. The van der Waals surface area contributed by atoms with Crippen molar-refractivity contribution in [2.24, 2.45) is 0 Å². The number of rotatable bonds is 4. The SMILES string of the molecule is CC(C)N1CC[C@H](C)N2C(=O)c3c(O)c(=O)c(C(=O)NCc4ccc(F)cc4)cn3C[C@@H]12. The Bertz CT molecular complexity index is 1110. The van der Waals surface area contributed by atoms with E-state index >= 15 is 0 Å². The highest BCUT2D eigenvalue weighted by molar-refractivity contribution is 5.99. The normalized spacial score (nSPS) is 20.8. The second-order valence-electron chi connectivity index (χ2n) is 8.69. The molecule has 2 aliphatic heterocycles.